The first-order valence-electron chi connectivity index (χ1n) is 6.04. The van der Waals surface area contributed by atoms with E-state index < -0.39 is 0 Å². The van der Waals surface area contributed by atoms with Crippen molar-refractivity contribution in [1.29, 1.82) is 0 Å². The average molecular weight is 197 g/mol. The highest BCUT2D eigenvalue weighted by Crippen LogP contribution is 2.45. The minimum atomic E-state index is 0.123. The Hall–Kier alpha value is -0.0800. The fraction of sp³-hybridized carbons (Fsp3) is 1.00. The van der Waals surface area contributed by atoms with Gasteiger partial charge in [-0.3, -0.25) is 0 Å². The zero-order valence-electron chi connectivity index (χ0n) is 9.73. The minimum Gasteiger partial charge on any atom is -0.366 e. The van der Waals surface area contributed by atoms with E-state index in [1.54, 1.807) is 0 Å². The maximum absolute atomic E-state index is 6.40. The summed E-state index contributed by atoms with van der Waals surface area (Å²) in [5.74, 6) is 0.862. The van der Waals surface area contributed by atoms with Gasteiger partial charge in [0.05, 0.1) is 11.2 Å². The molecule has 2 rings (SSSR count). The van der Waals surface area contributed by atoms with Gasteiger partial charge in [-0.05, 0) is 31.6 Å². The third-order valence-corrected chi connectivity index (χ3v) is 4.06. The molecular weight excluding hydrogens is 174 g/mol. The van der Waals surface area contributed by atoms with Crippen LogP contribution < -0.4 is 5.32 Å². The van der Waals surface area contributed by atoms with Crippen molar-refractivity contribution in [1.82, 2.24) is 5.32 Å². The maximum Gasteiger partial charge on any atom is 0.0819 e. The summed E-state index contributed by atoms with van der Waals surface area (Å²) in [5.41, 5.74) is 0.322. The molecule has 82 valence electrons. The van der Waals surface area contributed by atoms with Crippen LogP contribution in [-0.4, -0.2) is 24.3 Å². The van der Waals surface area contributed by atoms with Gasteiger partial charge >= 0.3 is 0 Å². The van der Waals surface area contributed by atoms with E-state index in [0.29, 0.717) is 0 Å². The minimum absolute atomic E-state index is 0.123. The fourth-order valence-electron chi connectivity index (χ4n) is 3.13. The van der Waals surface area contributed by atoms with E-state index in [9.17, 15) is 0 Å². The third kappa shape index (κ3) is 1.59. The molecular formula is C12H23NO. The summed E-state index contributed by atoms with van der Waals surface area (Å²) in [5, 5.41) is 3.57. The van der Waals surface area contributed by atoms with Gasteiger partial charge in [0, 0.05) is 13.1 Å². The number of ether oxygens (including phenoxy) is 1. The van der Waals surface area contributed by atoms with Crippen molar-refractivity contribution in [2.45, 2.75) is 57.7 Å². The molecule has 1 saturated heterocycles. The summed E-state index contributed by atoms with van der Waals surface area (Å²) >= 11 is 0. The molecule has 0 amide bonds. The van der Waals surface area contributed by atoms with Gasteiger partial charge in [-0.1, -0.05) is 20.8 Å². The van der Waals surface area contributed by atoms with E-state index in [1.165, 1.54) is 12.8 Å². The van der Waals surface area contributed by atoms with Crippen molar-refractivity contribution in [2.24, 2.45) is 5.92 Å². The lowest BCUT2D eigenvalue weighted by molar-refractivity contribution is -0.226. The molecule has 0 unspecified atom stereocenters. The molecule has 1 saturated carbocycles. The largest absolute Gasteiger partial charge is 0.366 e. The van der Waals surface area contributed by atoms with E-state index in [1.807, 2.05) is 0 Å². The van der Waals surface area contributed by atoms with Gasteiger partial charge in [0.25, 0.3) is 0 Å². The van der Waals surface area contributed by atoms with Crippen LogP contribution in [0.1, 0.15) is 46.5 Å². The summed E-state index contributed by atoms with van der Waals surface area (Å²) in [6.07, 6.45) is 4.77. The van der Waals surface area contributed by atoms with Crippen LogP contribution in [0.2, 0.25) is 0 Å². The van der Waals surface area contributed by atoms with Crippen molar-refractivity contribution >= 4 is 0 Å². The van der Waals surface area contributed by atoms with Gasteiger partial charge in [0.2, 0.25) is 0 Å². The zero-order valence-corrected chi connectivity index (χ0v) is 9.73. The van der Waals surface area contributed by atoms with Gasteiger partial charge in [-0.25, -0.2) is 0 Å². The highest BCUT2D eigenvalue weighted by molar-refractivity contribution is 5.02. The monoisotopic (exact) mass is 197 g/mol. The Labute approximate surface area is 87.4 Å². The molecule has 0 atom stereocenters. The molecule has 0 bridgehead atoms. The van der Waals surface area contributed by atoms with Crippen LogP contribution in [0.4, 0.5) is 0 Å². The molecule has 0 aromatic carbocycles. The van der Waals surface area contributed by atoms with Gasteiger partial charge in [0.1, 0.15) is 0 Å². The summed E-state index contributed by atoms with van der Waals surface area (Å²) < 4.78 is 6.40. The lowest BCUT2D eigenvalue weighted by atomic mass is 9.70. The van der Waals surface area contributed by atoms with Gasteiger partial charge in [-0.15, -0.1) is 0 Å². The van der Waals surface area contributed by atoms with Crippen molar-refractivity contribution in [3.8, 4) is 0 Å². The number of hydrogen-bond donors (Lipinski definition) is 1. The molecule has 2 fully saturated rings. The second-order valence-corrected chi connectivity index (χ2v) is 5.29. The lowest BCUT2D eigenvalue weighted by Gasteiger charge is -2.55. The standard InChI is InChI=1S/C12H23NO/c1-4-11(5-2)8-13-9-12(14-11)6-10(3)7-12/h10,13H,4-9H2,1-3H3. The van der Waals surface area contributed by atoms with E-state index in [4.69, 9.17) is 4.74 Å². The van der Waals surface area contributed by atoms with Crippen LogP contribution in [0.5, 0.6) is 0 Å². The molecule has 1 spiro atoms. The second kappa shape index (κ2) is 3.49. The SMILES string of the molecule is CCC1(CC)CNCC2(CC(C)C2)O1. The molecule has 2 aliphatic rings. The molecule has 1 aliphatic carbocycles. The molecule has 0 radical (unpaired) electrons. The Morgan fingerprint density at radius 3 is 2.36 bits per heavy atom. The predicted molar refractivity (Wildman–Crippen MR) is 58.4 cm³/mol. The van der Waals surface area contributed by atoms with Crippen molar-refractivity contribution < 1.29 is 4.74 Å². The molecule has 2 nitrogen and oxygen atoms in total. The van der Waals surface area contributed by atoms with Crippen molar-refractivity contribution in [2.75, 3.05) is 13.1 Å². The van der Waals surface area contributed by atoms with Gasteiger partial charge < -0.3 is 10.1 Å². The summed E-state index contributed by atoms with van der Waals surface area (Å²) in [4.78, 5) is 0. The third-order valence-electron chi connectivity index (χ3n) is 4.06. The Balaban J connectivity index is 2.03. The van der Waals surface area contributed by atoms with Crippen LogP contribution in [-0.2, 0) is 4.74 Å². The molecule has 1 heterocycles. The highest BCUT2D eigenvalue weighted by atomic mass is 16.5. The highest BCUT2D eigenvalue weighted by Gasteiger charge is 2.50. The van der Waals surface area contributed by atoms with Crippen LogP contribution in [0, 0.1) is 5.92 Å². The first-order valence-corrected chi connectivity index (χ1v) is 6.04. The topological polar surface area (TPSA) is 21.3 Å². The van der Waals surface area contributed by atoms with Gasteiger partial charge in [-0.2, -0.15) is 0 Å². The number of rotatable bonds is 2. The normalized spacial score (nSPS) is 40.9. The van der Waals surface area contributed by atoms with Crippen LogP contribution in [0.25, 0.3) is 0 Å². The molecule has 14 heavy (non-hydrogen) atoms. The van der Waals surface area contributed by atoms with E-state index in [0.717, 1.165) is 31.8 Å². The van der Waals surface area contributed by atoms with Crippen molar-refractivity contribution in [3.63, 3.8) is 0 Å². The Morgan fingerprint density at radius 2 is 1.86 bits per heavy atom. The predicted octanol–water partition coefficient (Wildman–Crippen LogP) is 2.33. The summed E-state index contributed by atoms with van der Waals surface area (Å²) in [6, 6.07) is 0. The van der Waals surface area contributed by atoms with Gasteiger partial charge in [0.15, 0.2) is 0 Å². The Morgan fingerprint density at radius 1 is 1.21 bits per heavy atom. The quantitative estimate of drug-likeness (QED) is 0.733. The molecule has 1 N–H and O–H groups in total. The zero-order chi connectivity index (χ0) is 10.2. The first kappa shape index (κ1) is 10.4. The van der Waals surface area contributed by atoms with Crippen molar-refractivity contribution in [3.05, 3.63) is 0 Å². The van der Waals surface area contributed by atoms with Crippen LogP contribution in [0.15, 0.2) is 0 Å². The maximum atomic E-state index is 6.40. The number of morpholine rings is 1. The summed E-state index contributed by atoms with van der Waals surface area (Å²) in [6.45, 7) is 8.91. The van der Waals surface area contributed by atoms with E-state index in [2.05, 4.69) is 26.1 Å². The molecule has 1 aliphatic heterocycles. The van der Waals surface area contributed by atoms with Crippen LogP contribution in [0.3, 0.4) is 0 Å². The smallest absolute Gasteiger partial charge is 0.0819 e. The lowest BCUT2D eigenvalue weighted by Crippen LogP contribution is -2.64. The Kier molecular flexibility index (Phi) is 2.61. The molecule has 0 aromatic rings. The second-order valence-electron chi connectivity index (χ2n) is 5.29. The Bertz CT molecular complexity index is 199. The average Bonchev–Trinajstić information content (AvgIpc) is 2.16. The van der Waals surface area contributed by atoms with E-state index in [-0.39, 0.29) is 11.2 Å². The molecule has 2 heteroatoms. The van der Waals surface area contributed by atoms with E-state index >= 15 is 0 Å². The number of nitrogens with one attached hydrogen (secondary N) is 1. The first-order chi connectivity index (χ1) is 6.64. The van der Waals surface area contributed by atoms with Crippen LogP contribution >= 0.6 is 0 Å². The number of hydrogen-bond acceptors (Lipinski definition) is 2. The fourth-order valence-corrected chi connectivity index (χ4v) is 3.13. The molecule has 0 aromatic heterocycles. The summed E-state index contributed by atoms with van der Waals surface area (Å²) in [7, 11) is 0.